The Morgan fingerprint density at radius 3 is 2.40 bits per heavy atom. The van der Waals surface area contributed by atoms with Gasteiger partial charge in [-0.15, -0.1) is 0 Å². The molecule has 0 fully saturated rings. The number of benzene rings is 2. The molecule has 0 radical (unpaired) electrons. The number of aryl methyl sites for hydroxylation is 1. The number of nitrogens with two attached hydrogens (primary N) is 1. The predicted molar refractivity (Wildman–Crippen MR) is 81.1 cm³/mol. The number of rotatable bonds is 5. The van der Waals surface area contributed by atoms with Crippen LogP contribution in [0.5, 0.6) is 11.5 Å². The zero-order valence-electron chi connectivity index (χ0n) is 12.2. The summed E-state index contributed by atoms with van der Waals surface area (Å²) in [5.74, 6) is 1.68. The molecule has 0 bridgehead atoms. The highest BCUT2D eigenvalue weighted by Gasteiger charge is 2.05. The van der Waals surface area contributed by atoms with Crippen molar-refractivity contribution in [1.29, 1.82) is 0 Å². The van der Waals surface area contributed by atoms with Crippen LogP contribution in [0.1, 0.15) is 29.7 Å². The summed E-state index contributed by atoms with van der Waals surface area (Å²) < 4.78 is 11.1. The molecule has 2 N–H and O–H groups in total. The molecule has 0 saturated carbocycles. The van der Waals surface area contributed by atoms with Crippen LogP contribution < -0.4 is 15.2 Å². The number of ether oxygens (including phenoxy) is 2. The highest BCUT2D eigenvalue weighted by atomic mass is 16.5. The Hall–Kier alpha value is -2.00. The number of hydrogen-bond acceptors (Lipinski definition) is 3. The van der Waals surface area contributed by atoms with E-state index in [1.165, 1.54) is 5.56 Å². The van der Waals surface area contributed by atoms with Crippen molar-refractivity contribution in [2.45, 2.75) is 26.5 Å². The van der Waals surface area contributed by atoms with Crippen molar-refractivity contribution in [3.05, 3.63) is 59.2 Å². The second-order valence-electron chi connectivity index (χ2n) is 4.96. The van der Waals surface area contributed by atoms with Gasteiger partial charge in [0.05, 0.1) is 7.11 Å². The van der Waals surface area contributed by atoms with Gasteiger partial charge in [0.15, 0.2) is 0 Å². The van der Waals surface area contributed by atoms with Crippen molar-refractivity contribution < 1.29 is 9.47 Å². The Balaban J connectivity index is 2.06. The molecule has 3 heteroatoms. The van der Waals surface area contributed by atoms with Gasteiger partial charge in [-0.25, -0.2) is 0 Å². The second kappa shape index (κ2) is 6.44. The van der Waals surface area contributed by atoms with E-state index in [1.54, 1.807) is 7.11 Å². The zero-order chi connectivity index (χ0) is 14.5. The summed E-state index contributed by atoms with van der Waals surface area (Å²) in [6.07, 6.45) is 0. The van der Waals surface area contributed by atoms with E-state index in [2.05, 4.69) is 13.0 Å². The summed E-state index contributed by atoms with van der Waals surface area (Å²) in [6.45, 7) is 4.51. The minimum absolute atomic E-state index is 0.0425. The maximum atomic E-state index is 5.83. The second-order valence-corrected chi connectivity index (χ2v) is 4.96. The average Bonchev–Trinajstić information content (AvgIpc) is 2.45. The largest absolute Gasteiger partial charge is 0.496 e. The standard InChI is InChI=1S/C17H21NO2/c1-12-4-9-17(19-3)15(10-12)11-20-16-7-5-14(6-8-16)13(2)18/h4-10,13H,11,18H2,1-3H3/t13-/m0/s1. The molecule has 1 atom stereocenters. The zero-order valence-corrected chi connectivity index (χ0v) is 12.2. The first kappa shape index (κ1) is 14.4. The summed E-state index contributed by atoms with van der Waals surface area (Å²) in [7, 11) is 1.67. The molecular formula is C17H21NO2. The summed E-state index contributed by atoms with van der Waals surface area (Å²) in [5.41, 5.74) is 9.16. The first-order chi connectivity index (χ1) is 9.60. The lowest BCUT2D eigenvalue weighted by molar-refractivity contribution is 0.296. The number of methoxy groups -OCH3 is 1. The molecule has 0 saturated heterocycles. The van der Waals surface area contributed by atoms with Crippen LogP contribution >= 0.6 is 0 Å². The van der Waals surface area contributed by atoms with Crippen LogP contribution in [0, 0.1) is 6.92 Å². The maximum Gasteiger partial charge on any atom is 0.125 e. The van der Waals surface area contributed by atoms with Crippen LogP contribution in [0.2, 0.25) is 0 Å². The Labute approximate surface area is 120 Å². The average molecular weight is 271 g/mol. The fraction of sp³-hybridized carbons (Fsp3) is 0.294. The van der Waals surface area contributed by atoms with E-state index < -0.39 is 0 Å². The van der Waals surface area contributed by atoms with Crippen molar-refractivity contribution in [3.63, 3.8) is 0 Å². The first-order valence-corrected chi connectivity index (χ1v) is 6.72. The molecule has 0 amide bonds. The van der Waals surface area contributed by atoms with Crippen molar-refractivity contribution in [1.82, 2.24) is 0 Å². The van der Waals surface area contributed by atoms with E-state index in [-0.39, 0.29) is 6.04 Å². The van der Waals surface area contributed by atoms with Gasteiger partial charge in [-0.1, -0.05) is 23.8 Å². The minimum Gasteiger partial charge on any atom is -0.496 e. The smallest absolute Gasteiger partial charge is 0.125 e. The van der Waals surface area contributed by atoms with E-state index >= 15 is 0 Å². The van der Waals surface area contributed by atoms with E-state index in [1.807, 2.05) is 43.3 Å². The molecule has 2 rings (SSSR count). The van der Waals surface area contributed by atoms with E-state index in [9.17, 15) is 0 Å². The molecule has 0 aromatic heterocycles. The Kier molecular flexibility index (Phi) is 4.64. The van der Waals surface area contributed by atoms with Gasteiger partial charge in [0, 0.05) is 11.6 Å². The summed E-state index contributed by atoms with van der Waals surface area (Å²) in [6, 6.07) is 14.0. The highest BCUT2D eigenvalue weighted by molar-refractivity contribution is 5.37. The van der Waals surface area contributed by atoms with Crippen LogP contribution in [0.25, 0.3) is 0 Å². The third-order valence-corrected chi connectivity index (χ3v) is 3.24. The maximum absolute atomic E-state index is 5.83. The van der Waals surface area contributed by atoms with Crippen molar-refractivity contribution in [2.75, 3.05) is 7.11 Å². The van der Waals surface area contributed by atoms with Crippen LogP contribution in [0.3, 0.4) is 0 Å². The third kappa shape index (κ3) is 3.52. The molecule has 3 nitrogen and oxygen atoms in total. The van der Waals surface area contributed by atoms with Crippen LogP contribution in [0.15, 0.2) is 42.5 Å². The van der Waals surface area contributed by atoms with Gasteiger partial charge in [0.2, 0.25) is 0 Å². The lowest BCUT2D eigenvalue weighted by Crippen LogP contribution is -2.04. The van der Waals surface area contributed by atoms with Crippen molar-refractivity contribution >= 4 is 0 Å². The van der Waals surface area contributed by atoms with Crippen LogP contribution in [-0.2, 0) is 6.61 Å². The molecule has 106 valence electrons. The molecule has 0 aliphatic heterocycles. The Bertz CT molecular complexity index is 562. The monoisotopic (exact) mass is 271 g/mol. The van der Waals surface area contributed by atoms with E-state index in [4.69, 9.17) is 15.2 Å². The molecule has 2 aromatic rings. The van der Waals surface area contributed by atoms with Gasteiger partial charge in [0.25, 0.3) is 0 Å². The molecule has 0 heterocycles. The Morgan fingerprint density at radius 1 is 1.10 bits per heavy atom. The van der Waals surface area contributed by atoms with Crippen LogP contribution in [0.4, 0.5) is 0 Å². The summed E-state index contributed by atoms with van der Waals surface area (Å²) in [4.78, 5) is 0. The van der Waals surface area contributed by atoms with Gasteiger partial charge < -0.3 is 15.2 Å². The quantitative estimate of drug-likeness (QED) is 0.903. The molecule has 0 unspecified atom stereocenters. The topological polar surface area (TPSA) is 44.5 Å². The molecule has 20 heavy (non-hydrogen) atoms. The fourth-order valence-corrected chi connectivity index (χ4v) is 2.05. The van der Waals surface area contributed by atoms with E-state index in [0.717, 1.165) is 22.6 Å². The molecule has 0 aliphatic carbocycles. The molecule has 2 aromatic carbocycles. The predicted octanol–water partition coefficient (Wildman–Crippen LogP) is 3.60. The van der Waals surface area contributed by atoms with Crippen molar-refractivity contribution in [2.24, 2.45) is 5.73 Å². The van der Waals surface area contributed by atoms with Crippen LogP contribution in [-0.4, -0.2) is 7.11 Å². The third-order valence-electron chi connectivity index (χ3n) is 3.24. The highest BCUT2D eigenvalue weighted by Crippen LogP contribution is 2.22. The fourth-order valence-electron chi connectivity index (χ4n) is 2.05. The minimum atomic E-state index is 0.0425. The summed E-state index contributed by atoms with van der Waals surface area (Å²) >= 11 is 0. The van der Waals surface area contributed by atoms with Gasteiger partial charge in [-0.2, -0.15) is 0 Å². The van der Waals surface area contributed by atoms with Gasteiger partial charge in [0.1, 0.15) is 18.1 Å². The summed E-state index contributed by atoms with van der Waals surface area (Å²) in [5, 5.41) is 0. The normalized spacial score (nSPS) is 12.0. The number of hydrogen-bond donors (Lipinski definition) is 1. The lowest BCUT2D eigenvalue weighted by Gasteiger charge is -2.12. The molecule has 0 aliphatic rings. The lowest BCUT2D eigenvalue weighted by atomic mass is 10.1. The van der Waals surface area contributed by atoms with Gasteiger partial charge in [-0.05, 0) is 43.7 Å². The Morgan fingerprint density at radius 2 is 1.80 bits per heavy atom. The van der Waals surface area contributed by atoms with Gasteiger partial charge >= 0.3 is 0 Å². The van der Waals surface area contributed by atoms with Crippen molar-refractivity contribution in [3.8, 4) is 11.5 Å². The van der Waals surface area contributed by atoms with Gasteiger partial charge in [-0.3, -0.25) is 0 Å². The first-order valence-electron chi connectivity index (χ1n) is 6.72. The SMILES string of the molecule is COc1ccc(C)cc1COc1ccc([C@H](C)N)cc1. The van der Waals surface area contributed by atoms with E-state index in [0.29, 0.717) is 6.61 Å². The molecular weight excluding hydrogens is 250 g/mol. The molecule has 0 spiro atoms.